The van der Waals surface area contributed by atoms with Crippen LogP contribution in [-0.4, -0.2) is 36.2 Å². The summed E-state index contributed by atoms with van der Waals surface area (Å²) in [6.45, 7) is 3.56. The van der Waals surface area contributed by atoms with Gasteiger partial charge in [0.15, 0.2) is 0 Å². The van der Waals surface area contributed by atoms with Crippen LogP contribution in [0.3, 0.4) is 0 Å². The quantitative estimate of drug-likeness (QED) is 0.873. The van der Waals surface area contributed by atoms with E-state index in [0.29, 0.717) is 13.0 Å². The minimum Gasteiger partial charge on any atom is -0.481 e. The topological polar surface area (TPSA) is 52.6 Å². The van der Waals surface area contributed by atoms with Gasteiger partial charge in [0, 0.05) is 37.3 Å². The van der Waals surface area contributed by atoms with Crippen molar-refractivity contribution in [2.75, 3.05) is 18.0 Å². The van der Waals surface area contributed by atoms with Crippen molar-refractivity contribution in [1.82, 2.24) is 5.32 Å². The summed E-state index contributed by atoms with van der Waals surface area (Å²) in [6.07, 6.45) is 0.747. The Morgan fingerprint density at radius 1 is 1.58 bits per heavy atom. The van der Waals surface area contributed by atoms with Gasteiger partial charge in [0.25, 0.3) is 0 Å². The van der Waals surface area contributed by atoms with E-state index < -0.39 is 5.97 Å². The van der Waals surface area contributed by atoms with Gasteiger partial charge in [0.2, 0.25) is 0 Å². The number of carboxylic acid groups (broad SMARTS) is 1. The molecule has 1 saturated heterocycles. The largest absolute Gasteiger partial charge is 0.481 e. The van der Waals surface area contributed by atoms with Gasteiger partial charge in [-0.1, -0.05) is 6.07 Å². The molecule has 1 fully saturated rings. The lowest BCUT2D eigenvalue weighted by atomic mass is 10.0. The van der Waals surface area contributed by atoms with E-state index in [4.69, 9.17) is 5.11 Å². The lowest BCUT2D eigenvalue weighted by molar-refractivity contribution is -0.137. The lowest BCUT2D eigenvalue weighted by Gasteiger charge is -2.40. The first-order chi connectivity index (χ1) is 9.06. The molecular formula is C14H19FN2O2. The molecule has 0 aromatic heterocycles. The monoisotopic (exact) mass is 266 g/mol. The van der Waals surface area contributed by atoms with Gasteiger partial charge in [-0.15, -0.1) is 0 Å². The van der Waals surface area contributed by atoms with E-state index in [2.05, 4.69) is 17.1 Å². The number of hydrogen-bond acceptors (Lipinski definition) is 3. The molecule has 2 atom stereocenters. The minimum atomic E-state index is -0.780. The van der Waals surface area contributed by atoms with E-state index in [-0.39, 0.29) is 24.3 Å². The summed E-state index contributed by atoms with van der Waals surface area (Å²) in [7, 11) is 0. The number of halogens is 1. The average Bonchev–Trinajstić information content (AvgIpc) is 2.37. The number of rotatable bonds is 4. The number of anilines is 1. The van der Waals surface area contributed by atoms with Crippen molar-refractivity contribution >= 4 is 11.7 Å². The Morgan fingerprint density at radius 2 is 2.37 bits per heavy atom. The highest BCUT2D eigenvalue weighted by Gasteiger charge is 2.25. The summed E-state index contributed by atoms with van der Waals surface area (Å²) in [6, 6.07) is 6.94. The molecule has 1 aliphatic rings. The number of hydrogen-bond donors (Lipinski definition) is 2. The molecule has 0 bridgehead atoms. The van der Waals surface area contributed by atoms with Crippen molar-refractivity contribution < 1.29 is 14.3 Å². The third-order valence-corrected chi connectivity index (χ3v) is 3.50. The van der Waals surface area contributed by atoms with Crippen LogP contribution in [0, 0.1) is 5.82 Å². The molecule has 1 heterocycles. The second kappa shape index (κ2) is 6.02. The lowest BCUT2D eigenvalue weighted by Crippen LogP contribution is -2.55. The first kappa shape index (κ1) is 13.8. The molecule has 19 heavy (non-hydrogen) atoms. The number of nitrogens with one attached hydrogen (secondary N) is 1. The fourth-order valence-electron chi connectivity index (χ4n) is 2.44. The molecule has 0 spiro atoms. The molecule has 2 N–H and O–H groups in total. The van der Waals surface area contributed by atoms with Crippen LogP contribution in [0.4, 0.5) is 10.1 Å². The predicted molar refractivity (Wildman–Crippen MR) is 71.9 cm³/mol. The fraction of sp³-hybridized carbons (Fsp3) is 0.500. The number of carbonyl (C=O) groups is 1. The van der Waals surface area contributed by atoms with Crippen LogP contribution in [0.1, 0.15) is 19.8 Å². The predicted octanol–water partition coefficient (Wildman–Crippen LogP) is 1.86. The highest BCUT2D eigenvalue weighted by molar-refractivity contribution is 5.66. The van der Waals surface area contributed by atoms with Crippen LogP contribution >= 0.6 is 0 Å². The van der Waals surface area contributed by atoms with Gasteiger partial charge < -0.3 is 15.3 Å². The first-order valence-electron chi connectivity index (χ1n) is 6.53. The zero-order chi connectivity index (χ0) is 13.8. The molecular weight excluding hydrogens is 247 g/mol. The van der Waals surface area contributed by atoms with Crippen molar-refractivity contribution in [3.8, 4) is 0 Å². The Hall–Kier alpha value is -1.62. The Labute approximate surface area is 112 Å². The second-order valence-corrected chi connectivity index (χ2v) is 5.02. The number of carboxylic acids is 1. The Balaban J connectivity index is 2.04. The fourth-order valence-corrected chi connectivity index (χ4v) is 2.44. The van der Waals surface area contributed by atoms with Crippen molar-refractivity contribution in [3.05, 3.63) is 30.1 Å². The van der Waals surface area contributed by atoms with Gasteiger partial charge >= 0.3 is 5.97 Å². The number of aliphatic carboxylic acids is 1. The second-order valence-electron chi connectivity index (χ2n) is 5.02. The maximum atomic E-state index is 13.3. The van der Waals surface area contributed by atoms with E-state index in [0.717, 1.165) is 12.2 Å². The zero-order valence-electron chi connectivity index (χ0n) is 11.0. The molecule has 0 saturated carbocycles. The number of nitrogens with zero attached hydrogens (tertiary/aromatic N) is 1. The summed E-state index contributed by atoms with van der Waals surface area (Å²) in [5, 5.41) is 12.1. The maximum Gasteiger partial charge on any atom is 0.303 e. The number of benzene rings is 1. The van der Waals surface area contributed by atoms with Crippen molar-refractivity contribution in [2.24, 2.45) is 0 Å². The van der Waals surface area contributed by atoms with E-state index in [9.17, 15) is 9.18 Å². The average molecular weight is 266 g/mol. The van der Waals surface area contributed by atoms with E-state index in [1.165, 1.54) is 12.1 Å². The van der Waals surface area contributed by atoms with Gasteiger partial charge in [-0.25, -0.2) is 4.39 Å². The van der Waals surface area contributed by atoms with Gasteiger partial charge in [0.05, 0.1) is 0 Å². The van der Waals surface area contributed by atoms with Crippen LogP contribution in [0.25, 0.3) is 0 Å². The minimum absolute atomic E-state index is 0.135. The SMILES string of the molecule is CC1CNC(CCC(=O)O)CN1c1cccc(F)c1. The first-order valence-corrected chi connectivity index (χ1v) is 6.53. The van der Waals surface area contributed by atoms with Crippen LogP contribution in [0.2, 0.25) is 0 Å². The Bertz CT molecular complexity index is 453. The molecule has 0 amide bonds. The molecule has 0 radical (unpaired) electrons. The molecule has 1 aromatic carbocycles. The molecule has 2 unspecified atom stereocenters. The third-order valence-electron chi connectivity index (χ3n) is 3.50. The summed E-state index contributed by atoms with van der Waals surface area (Å²) in [4.78, 5) is 12.7. The van der Waals surface area contributed by atoms with Crippen molar-refractivity contribution in [3.63, 3.8) is 0 Å². The van der Waals surface area contributed by atoms with Gasteiger partial charge in [0.1, 0.15) is 5.82 Å². The zero-order valence-corrected chi connectivity index (χ0v) is 11.0. The summed E-state index contributed by atoms with van der Waals surface area (Å²) in [5.41, 5.74) is 0.856. The van der Waals surface area contributed by atoms with Gasteiger partial charge in [-0.3, -0.25) is 4.79 Å². The highest BCUT2D eigenvalue weighted by atomic mass is 19.1. The van der Waals surface area contributed by atoms with Gasteiger partial charge in [-0.05, 0) is 31.5 Å². The Kier molecular flexibility index (Phi) is 4.37. The maximum absolute atomic E-state index is 13.3. The molecule has 1 aromatic rings. The summed E-state index contributed by atoms with van der Waals surface area (Å²) >= 11 is 0. The van der Waals surface area contributed by atoms with Crippen LogP contribution in [-0.2, 0) is 4.79 Å². The third kappa shape index (κ3) is 3.67. The van der Waals surface area contributed by atoms with Crippen molar-refractivity contribution in [2.45, 2.75) is 31.8 Å². The van der Waals surface area contributed by atoms with Crippen LogP contribution in [0.15, 0.2) is 24.3 Å². The molecule has 5 heteroatoms. The highest BCUT2D eigenvalue weighted by Crippen LogP contribution is 2.21. The molecule has 104 valence electrons. The van der Waals surface area contributed by atoms with Crippen LogP contribution in [0.5, 0.6) is 0 Å². The number of piperazine rings is 1. The van der Waals surface area contributed by atoms with Crippen LogP contribution < -0.4 is 10.2 Å². The molecule has 0 aliphatic carbocycles. The van der Waals surface area contributed by atoms with Gasteiger partial charge in [-0.2, -0.15) is 0 Å². The van der Waals surface area contributed by atoms with E-state index >= 15 is 0 Å². The Morgan fingerprint density at radius 3 is 3.05 bits per heavy atom. The molecule has 2 rings (SSSR count). The molecule has 4 nitrogen and oxygen atoms in total. The summed E-state index contributed by atoms with van der Waals surface area (Å²) in [5.74, 6) is -1.02. The van der Waals surface area contributed by atoms with E-state index in [1.807, 2.05) is 6.07 Å². The normalized spacial score (nSPS) is 23.4. The standard InChI is InChI=1S/C14H19FN2O2/c1-10-8-16-12(5-6-14(18)19)9-17(10)13-4-2-3-11(15)7-13/h2-4,7,10,12,16H,5-6,8-9H2,1H3,(H,18,19). The summed E-state index contributed by atoms with van der Waals surface area (Å²) < 4.78 is 13.3. The molecule has 1 aliphatic heterocycles. The van der Waals surface area contributed by atoms with Crippen molar-refractivity contribution in [1.29, 1.82) is 0 Å². The van der Waals surface area contributed by atoms with E-state index in [1.54, 1.807) is 6.07 Å². The smallest absolute Gasteiger partial charge is 0.303 e.